The first-order valence-corrected chi connectivity index (χ1v) is 7.31. The van der Waals surface area contributed by atoms with E-state index in [-0.39, 0.29) is 17.9 Å². The highest BCUT2D eigenvalue weighted by Crippen LogP contribution is 2.38. The number of benzene rings is 2. The Morgan fingerprint density at radius 3 is 2.17 bits per heavy atom. The molecule has 0 amide bonds. The zero-order chi connectivity index (χ0) is 16.4. The molecule has 23 heavy (non-hydrogen) atoms. The molecule has 1 aromatic heterocycles. The zero-order valence-corrected chi connectivity index (χ0v) is 12.7. The maximum absolute atomic E-state index is 13.3. The highest BCUT2D eigenvalue weighted by molar-refractivity contribution is 6.30. The van der Waals surface area contributed by atoms with Gasteiger partial charge >= 0.3 is 6.18 Å². The molecule has 0 aliphatic heterocycles. The van der Waals surface area contributed by atoms with Gasteiger partial charge in [0.05, 0.1) is 5.56 Å². The molecule has 0 aliphatic rings. The van der Waals surface area contributed by atoms with E-state index < -0.39 is 11.7 Å². The summed E-state index contributed by atoms with van der Waals surface area (Å²) in [6, 6.07) is 16.5. The number of rotatable bonds is 3. The molecule has 0 unspecified atom stereocenters. The molecule has 5 heteroatoms. The molecule has 0 N–H and O–H groups in total. The van der Waals surface area contributed by atoms with Gasteiger partial charge in [0.15, 0.2) is 0 Å². The summed E-state index contributed by atoms with van der Waals surface area (Å²) in [6.07, 6.45) is -4.37. The summed E-state index contributed by atoms with van der Waals surface area (Å²) in [7, 11) is 0. The van der Waals surface area contributed by atoms with Crippen LogP contribution >= 0.6 is 11.6 Å². The minimum Gasteiger partial charge on any atom is -0.460 e. The van der Waals surface area contributed by atoms with E-state index in [0.29, 0.717) is 10.6 Å². The lowest BCUT2D eigenvalue weighted by molar-refractivity contribution is -0.138. The topological polar surface area (TPSA) is 13.1 Å². The lowest BCUT2D eigenvalue weighted by atomic mass is 10.1. The molecule has 3 aromatic rings. The van der Waals surface area contributed by atoms with Crippen molar-refractivity contribution in [3.05, 3.63) is 82.6 Å². The highest BCUT2D eigenvalue weighted by atomic mass is 35.5. The van der Waals surface area contributed by atoms with Crippen LogP contribution < -0.4 is 0 Å². The van der Waals surface area contributed by atoms with E-state index >= 15 is 0 Å². The molecule has 0 radical (unpaired) electrons. The van der Waals surface area contributed by atoms with Crippen molar-refractivity contribution in [1.82, 2.24) is 0 Å². The fourth-order valence-electron chi connectivity index (χ4n) is 2.34. The largest absolute Gasteiger partial charge is 0.460 e. The second-order valence-electron chi connectivity index (χ2n) is 5.11. The van der Waals surface area contributed by atoms with Crippen LogP contribution in [0.15, 0.2) is 65.1 Å². The Hall–Kier alpha value is -2.20. The smallest absolute Gasteiger partial charge is 0.419 e. The van der Waals surface area contributed by atoms with Gasteiger partial charge in [0.1, 0.15) is 11.5 Å². The summed E-state index contributed by atoms with van der Waals surface area (Å²) < 4.78 is 45.3. The van der Waals surface area contributed by atoms with Gasteiger partial charge in [-0.15, -0.1) is 0 Å². The molecule has 0 saturated carbocycles. The van der Waals surface area contributed by atoms with Crippen LogP contribution in [-0.4, -0.2) is 0 Å². The Morgan fingerprint density at radius 2 is 1.57 bits per heavy atom. The van der Waals surface area contributed by atoms with Crippen LogP contribution in [0.2, 0.25) is 5.02 Å². The Kier molecular flexibility index (Phi) is 4.18. The van der Waals surface area contributed by atoms with Crippen molar-refractivity contribution in [1.29, 1.82) is 0 Å². The summed E-state index contributed by atoms with van der Waals surface area (Å²) in [5, 5.41) is 0.515. The summed E-state index contributed by atoms with van der Waals surface area (Å²) in [6.45, 7) is 0. The zero-order valence-electron chi connectivity index (χ0n) is 11.9. The lowest BCUT2D eigenvalue weighted by Crippen LogP contribution is -2.06. The van der Waals surface area contributed by atoms with E-state index in [1.54, 1.807) is 48.5 Å². The monoisotopic (exact) mass is 336 g/mol. The van der Waals surface area contributed by atoms with Gasteiger partial charge in [-0.2, -0.15) is 13.2 Å². The quantitative estimate of drug-likeness (QED) is 0.554. The van der Waals surface area contributed by atoms with Crippen LogP contribution in [0, 0.1) is 0 Å². The average Bonchev–Trinajstić information content (AvgIpc) is 2.93. The number of hydrogen-bond donors (Lipinski definition) is 0. The first kappa shape index (κ1) is 15.7. The molecule has 1 nitrogen and oxygen atoms in total. The molecule has 1 heterocycles. The van der Waals surface area contributed by atoms with Crippen LogP contribution in [0.1, 0.15) is 16.9 Å². The predicted molar refractivity (Wildman–Crippen MR) is 83.4 cm³/mol. The normalized spacial score (nSPS) is 11.7. The molecule has 0 bridgehead atoms. The lowest BCUT2D eigenvalue weighted by Gasteiger charge is -2.06. The minimum atomic E-state index is -4.46. The van der Waals surface area contributed by atoms with Gasteiger partial charge in [0.25, 0.3) is 0 Å². The molecule has 3 rings (SSSR count). The van der Waals surface area contributed by atoms with E-state index in [1.807, 2.05) is 6.07 Å². The van der Waals surface area contributed by atoms with Gasteiger partial charge in [-0.3, -0.25) is 0 Å². The van der Waals surface area contributed by atoms with Gasteiger partial charge in [0.2, 0.25) is 0 Å². The Balaban J connectivity index is 2.02. The van der Waals surface area contributed by atoms with Crippen LogP contribution in [0.25, 0.3) is 11.3 Å². The van der Waals surface area contributed by atoms with Crippen LogP contribution in [0.5, 0.6) is 0 Å². The van der Waals surface area contributed by atoms with Crippen LogP contribution in [0.4, 0.5) is 13.2 Å². The third kappa shape index (κ3) is 3.59. The van der Waals surface area contributed by atoms with Gasteiger partial charge in [0, 0.05) is 17.0 Å². The summed E-state index contributed by atoms with van der Waals surface area (Å²) in [4.78, 5) is 0. The van der Waals surface area contributed by atoms with Crippen molar-refractivity contribution in [2.24, 2.45) is 0 Å². The SMILES string of the molecule is FC(F)(F)c1cc(-c2ccc(Cl)cc2)oc1Cc1ccccc1. The summed E-state index contributed by atoms with van der Waals surface area (Å²) in [5.74, 6) is 0.0913. The van der Waals surface area contributed by atoms with E-state index in [2.05, 4.69) is 0 Å². The third-order valence-electron chi connectivity index (χ3n) is 3.45. The number of hydrogen-bond acceptors (Lipinski definition) is 1. The van der Waals surface area contributed by atoms with E-state index in [0.717, 1.165) is 11.6 Å². The van der Waals surface area contributed by atoms with Crippen molar-refractivity contribution in [2.45, 2.75) is 12.6 Å². The fraction of sp³-hybridized carbons (Fsp3) is 0.111. The van der Waals surface area contributed by atoms with Gasteiger partial charge < -0.3 is 4.42 Å². The molecule has 2 aromatic carbocycles. The fourth-order valence-corrected chi connectivity index (χ4v) is 2.46. The number of alkyl halides is 3. The maximum Gasteiger partial charge on any atom is 0.419 e. The van der Waals surface area contributed by atoms with Gasteiger partial charge in [-0.1, -0.05) is 41.9 Å². The third-order valence-corrected chi connectivity index (χ3v) is 3.70. The molecule has 0 spiro atoms. The molecular weight excluding hydrogens is 325 g/mol. The predicted octanol–water partition coefficient (Wildman–Crippen LogP) is 6.21. The summed E-state index contributed by atoms with van der Waals surface area (Å²) >= 11 is 5.80. The first-order chi connectivity index (χ1) is 10.9. The van der Waals surface area contributed by atoms with Crippen molar-refractivity contribution in [2.75, 3.05) is 0 Å². The number of furan rings is 1. The molecule has 0 atom stereocenters. The van der Waals surface area contributed by atoms with Crippen molar-refractivity contribution < 1.29 is 17.6 Å². The standard InChI is InChI=1S/C18H12ClF3O/c19-14-8-6-13(7-9-14)16-11-15(18(20,21)22)17(23-16)10-12-4-2-1-3-5-12/h1-9,11H,10H2. The van der Waals surface area contributed by atoms with Crippen molar-refractivity contribution >= 4 is 11.6 Å². The second-order valence-corrected chi connectivity index (χ2v) is 5.55. The Morgan fingerprint density at radius 1 is 0.913 bits per heavy atom. The van der Waals surface area contributed by atoms with Gasteiger partial charge in [-0.05, 0) is 35.9 Å². The Labute approximate surface area is 136 Å². The molecule has 0 fully saturated rings. The van der Waals surface area contributed by atoms with E-state index in [9.17, 15) is 13.2 Å². The second kappa shape index (κ2) is 6.13. The Bertz CT molecular complexity index is 789. The molecule has 0 saturated heterocycles. The average molecular weight is 337 g/mol. The van der Waals surface area contributed by atoms with E-state index in [1.165, 1.54) is 0 Å². The molecule has 0 aliphatic carbocycles. The minimum absolute atomic E-state index is 0.0866. The molecule has 118 valence electrons. The van der Waals surface area contributed by atoms with E-state index in [4.69, 9.17) is 16.0 Å². The van der Waals surface area contributed by atoms with Crippen LogP contribution in [-0.2, 0) is 12.6 Å². The van der Waals surface area contributed by atoms with Gasteiger partial charge in [-0.25, -0.2) is 0 Å². The first-order valence-electron chi connectivity index (χ1n) is 6.93. The number of halogens is 4. The highest BCUT2D eigenvalue weighted by Gasteiger charge is 2.36. The summed E-state index contributed by atoms with van der Waals surface area (Å²) in [5.41, 5.74) is 0.570. The van der Waals surface area contributed by atoms with Crippen molar-refractivity contribution in [3.8, 4) is 11.3 Å². The van der Waals surface area contributed by atoms with Crippen LogP contribution in [0.3, 0.4) is 0 Å². The molecular formula is C18H12ClF3O. The van der Waals surface area contributed by atoms with Crippen molar-refractivity contribution in [3.63, 3.8) is 0 Å². The maximum atomic E-state index is 13.3.